The molecule has 1 aromatic rings. The van der Waals surface area contributed by atoms with Gasteiger partial charge in [-0.05, 0) is 37.8 Å². The first-order valence-corrected chi connectivity index (χ1v) is 6.68. The predicted octanol–water partition coefficient (Wildman–Crippen LogP) is 2.28. The van der Waals surface area contributed by atoms with Crippen molar-refractivity contribution >= 4 is 0 Å². The summed E-state index contributed by atoms with van der Waals surface area (Å²) < 4.78 is 0. The molecule has 4 atom stereocenters. The molecule has 2 aliphatic rings. The molecule has 2 bridgehead atoms. The summed E-state index contributed by atoms with van der Waals surface area (Å²) in [4.78, 5) is 2.45. The number of nitrogens with zero attached hydrogens (tertiary/aromatic N) is 1. The zero-order valence-corrected chi connectivity index (χ0v) is 10.4. The van der Waals surface area contributed by atoms with Crippen LogP contribution in [0.5, 0.6) is 0 Å². The molecule has 2 nitrogen and oxygen atoms in total. The Morgan fingerprint density at radius 1 is 1.24 bits per heavy atom. The van der Waals surface area contributed by atoms with Crippen LogP contribution in [0.1, 0.15) is 24.8 Å². The van der Waals surface area contributed by atoms with E-state index in [4.69, 9.17) is 0 Å². The van der Waals surface area contributed by atoms with Gasteiger partial charge in [-0.2, -0.15) is 0 Å². The van der Waals surface area contributed by atoms with Crippen LogP contribution < -0.4 is 0 Å². The van der Waals surface area contributed by atoms with Crippen molar-refractivity contribution in [1.82, 2.24) is 4.90 Å². The summed E-state index contributed by atoms with van der Waals surface area (Å²) >= 11 is 0. The van der Waals surface area contributed by atoms with Crippen LogP contribution in [0, 0.1) is 11.8 Å². The molecule has 0 aromatic heterocycles. The zero-order chi connectivity index (χ0) is 11.8. The van der Waals surface area contributed by atoms with Crippen molar-refractivity contribution in [2.45, 2.75) is 38.0 Å². The van der Waals surface area contributed by atoms with Crippen LogP contribution in [0.3, 0.4) is 0 Å². The summed E-state index contributed by atoms with van der Waals surface area (Å²) in [6.45, 7) is 1.01. The van der Waals surface area contributed by atoms with Crippen molar-refractivity contribution in [3.63, 3.8) is 0 Å². The minimum atomic E-state index is -0.0445. The van der Waals surface area contributed by atoms with Gasteiger partial charge in [-0.1, -0.05) is 30.3 Å². The summed E-state index contributed by atoms with van der Waals surface area (Å²) in [5, 5.41) is 9.98. The molecule has 0 aliphatic heterocycles. The first-order valence-electron chi connectivity index (χ1n) is 6.68. The summed E-state index contributed by atoms with van der Waals surface area (Å²) in [7, 11) is 2.21. The standard InChI is InChI=1S/C15H21NO/c1-16(10-11-5-3-2-4-6-11)15-12-7-8-13(15)14(17)9-12/h2-6,12-15,17H,7-10H2,1H3. The maximum atomic E-state index is 9.98. The zero-order valence-electron chi connectivity index (χ0n) is 10.4. The minimum absolute atomic E-state index is 0.0445. The number of hydrogen-bond donors (Lipinski definition) is 1. The fraction of sp³-hybridized carbons (Fsp3) is 0.600. The Morgan fingerprint density at radius 2 is 2.00 bits per heavy atom. The molecule has 1 aromatic carbocycles. The smallest absolute Gasteiger partial charge is 0.0586 e. The molecule has 2 saturated carbocycles. The third-order valence-electron chi connectivity index (χ3n) is 4.61. The fourth-order valence-corrected chi connectivity index (χ4v) is 3.92. The maximum absolute atomic E-state index is 9.98. The average molecular weight is 231 g/mol. The monoisotopic (exact) mass is 231 g/mol. The van der Waals surface area contributed by atoms with Crippen molar-refractivity contribution in [2.24, 2.45) is 11.8 Å². The van der Waals surface area contributed by atoms with Gasteiger partial charge in [-0.3, -0.25) is 4.90 Å². The highest BCUT2D eigenvalue weighted by molar-refractivity contribution is 5.15. The molecule has 0 spiro atoms. The number of rotatable bonds is 3. The van der Waals surface area contributed by atoms with Crippen LogP contribution in [-0.4, -0.2) is 29.2 Å². The lowest BCUT2D eigenvalue weighted by atomic mass is 9.98. The molecular weight excluding hydrogens is 210 g/mol. The highest BCUT2D eigenvalue weighted by Gasteiger charge is 2.48. The van der Waals surface area contributed by atoms with Crippen LogP contribution in [0.2, 0.25) is 0 Å². The number of aliphatic hydroxyl groups excluding tert-OH is 1. The van der Waals surface area contributed by atoms with Crippen LogP contribution in [0.15, 0.2) is 30.3 Å². The molecule has 0 radical (unpaired) electrons. The summed E-state index contributed by atoms with van der Waals surface area (Å²) in [6.07, 6.45) is 3.51. The van der Waals surface area contributed by atoms with Gasteiger partial charge in [0, 0.05) is 18.5 Å². The van der Waals surface area contributed by atoms with E-state index in [1.165, 1.54) is 18.4 Å². The first-order chi connectivity index (χ1) is 8.25. The van der Waals surface area contributed by atoms with Gasteiger partial charge in [0.05, 0.1) is 6.10 Å². The summed E-state index contributed by atoms with van der Waals surface area (Å²) in [5.74, 6) is 1.25. The quantitative estimate of drug-likeness (QED) is 0.862. The Kier molecular flexibility index (Phi) is 2.93. The van der Waals surface area contributed by atoms with Crippen molar-refractivity contribution in [3.8, 4) is 0 Å². The Hall–Kier alpha value is -0.860. The van der Waals surface area contributed by atoms with Gasteiger partial charge in [0.25, 0.3) is 0 Å². The average Bonchev–Trinajstić information content (AvgIpc) is 2.86. The third-order valence-corrected chi connectivity index (χ3v) is 4.61. The molecule has 17 heavy (non-hydrogen) atoms. The summed E-state index contributed by atoms with van der Waals surface area (Å²) in [5.41, 5.74) is 1.37. The summed E-state index contributed by atoms with van der Waals surface area (Å²) in [6, 6.07) is 11.2. The topological polar surface area (TPSA) is 23.5 Å². The number of benzene rings is 1. The molecule has 2 aliphatic carbocycles. The largest absolute Gasteiger partial charge is 0.393 e. The van der Waals surface area contributed by atoms with Gasteiger partial charge >= 0.3 is 0 Å². The van der Waals surface area contributed by atoms with Crippen molar-refractivity contribution < 1.29 is 5.11 Å². The van der Waals surface area contributed by atoms with Crippen molar-refractivity contribution in [3.05, 3.63) is 35.9 Å². The molecule has 0 saturated heterocycles. The van der Waals surface area contributed by atoms with Gasteiger partial charge < -0.3 is 5.11 Å². The predicted molar refractivity (Wildman–Crippen MR) is 68.5 cm³/mol. The van der Waals surface area contributed by atoms with Crippen LogP contribution in [-0.2, 0) is 6.54 Å². The van der Waals surface area contributed by atoms with E-state index in [2.05, 4.69) is 42.3 Å². The first kappa shape index (κ1) is 11.2. The van der Waals surface area contributed by atoms with E-state index in [-0.39, 0.29) is 6.10 Å². The van der Waals surface area contributed by atoms with E-state index >= 15 is 0 Å². The molecule has 4 unspecified atom stereocenters. The van der Waals surface area contributed by atoms with Gasteiger partial charge in [0.1, 0.15) is 0 Å². The lowest BCUT2D eigenvalue weighted by Gasteiger charge is -2.28. The van der Waals surface area contributed by atoms with Gasteiger partial charge in [0.15, 0.2) is 0 Å². The fourth-order valence-electron chi connectivity index (χ4n) is 3.92. The molecule has 2 heteroatoms. The van der Waals surface area contributed by atoms with Gasteiger partial charge in [0.2, 0.25) is 0 Å². The molecule has 3 rings (SSSR count). The van der Waals surface area contributed by atoms with E-state index < -0.39 is 0 Å². The van der Waals surface area contributed by atoms with E-state index in [0.717, 1.165) is 18.9 Å². The lowest BCUT2D eigenvalue weighted by molar-refractivity contribution is 0.0945. The Balaban J connectivity index is 1.69. The molecule has 0 amide bonds. The Bertz CT molecular complexity index is 378. The highest BCUT2D eigenvalue weighted by atomic mass is 16.3. The number of hydrogen-bond acceptors (Lipinski definition) is 2. The van der Waals surface area contributed by atoms with E-state index in [0.29, 0.717) is 12.0 Å². The molecular formula is C15H21NO. The molecule has 1 N–H and O–H groups in total. The lowest BCUT2D eigenvalue weighted by Crippen LogP contribution is -2.36. The molecule has 0 heterocycles. The van der Waals surface area contributed by atoms with Crippen LogP contribution >= 0.6 is 0 Å². The van der Waals surface area contributed by atoms with E-state index in [9.17, 15) is 5.11 Å². The maximum Gasteiger partial charge on any atom is 0.0586 e. The number of aliphatic hydroxyl groups is 1. The van der Waals surface area contributed by atoms with Crippen LogP contribution in [0.25, 0.3) is 0 Å². The Morgan fingerprint density at radius 3 is 2.59 bits per heavy atom. The molecule has 92 valence electrons. The SMILES string of the molecule is CN(Cc1ccccc1)C1C2CCC1C(O)C2. The number of fused-ring (bicyclic) bond motifs is 2. The highest BCUT2D eigenvalue weighted by Crippen LogP contribution is 2.47. The van der Waals surface area contributed by atoms with Crippen LogP contribution in [0.4, 0.5) is 0 Å². The normalized spacial score (nSPS) is 35.7. The second-order valence-corrected chi connectivity index (χ2v) is 5.70. The van der Waals surface area contributed by atoms with Crippen molar-refractivity contribution in [1.29, 1.82) is 0 Å². The van der Waals surface area contributed by atoms with Gasteiger partial charge in [-0.25, -0.2) is 0 Å². The van der Waals surface area contributed by atoms with E-state index in [1.54, 1.807) is 0 Å². The van der Waals surface area contributed by atoms with Gasteiger partial charge in [-0.15, -0.1) is 0 Å². The minimum Gasteiger partial charge on any atom is -0.393 e. The van der Waals surface area contributed by atoms with Crippen molar-refractivity contribution in [2.75, 3.05) is 7.05 Å². The Labute approximate surface area is 103 Å². The van der Waals surface area contributed by atoms with E-state index in [1.807, 2.05) is 0 Å². The third kappa shape index (κ3) is 2.00. The molecule has 2 fully saturated rings. The second kappa shape index (κ2) is 4.43. The second-order valence-electron chi connectivity index (χ2n) is 5.70.